The lowest BCUT2D eigenvalue weighted by Crippen LogP contribution is -1.90. The van der Waals surface area contributed by atoms with E-state index in [0.29, 0.717) is 16.9 Å². The summed E-state index contributed by atoms with van der Waals surface area (Å²) in [5.74, 6) is 0.686. The minimum atomic E-state index is -0.484. The first-order valence-electron chi connectivity index (χ1n) is 6.25. The van der Waals surface area contributed by atoms with Gasteiger partial charge in [-0.1, -0.05) is 18.2 Å². The second-order valence-electron chi connectivity index (χ2n) is 4.37. The number of methoxy groups -OCH3 is 1. The van der Waals surface area contributed by atoms with Gasteiger partial charge in [-0.3, -0.25) is 10.1 Å². The van der Waals surface area contributed by atoms with E-state index in [9.17, 15) is 15.4 Å². The fourth-order valence-corrected chi connectivity index (χ4v) is 2.46. The zero-order chi connectivity index (χ0) is 16.1. The number of hydrogen-bond acceptors (Lipinski definition) is 4. The van der Waals surface area contributed by atoms with Gasteiger partial charge in [-0.05, 0) is 45.3 Å². The van der Waals surface area contributed by atoms with E-state index in [0.717, 1.165) is 10.0 Å². The van der Waals surface area contributed by atoms with E-state index < -0.39 is 4.92 Å². The standard InChI is InChI=1S/C16H11BrN2O3/c1-22-16-6-5-11(8-15(16)17)7-13(10-18)12-3-2-4-14(9-12)19(20)21/h2-9H,1H3. The Morgan fingerprint density at radius 2 is 2.14 bits per heavy atom. The normalized spacial score (nSPS) is 10.9. The predicted octanol–water partition coefficient (Wildman–Crippen LogP) is 4.43. The molecule has 0 bridgehead atoms. The van der Waals surface area contributed by atoms with Crippen molar-refractivity contribution in [2.75, 3.05) is 7.11 Å². The maximum absolute atomic E-state index is 10.8. The fraction of sp³-hybridized carbons (Fsp3) is 0.0625. The first kappa shape index (κ1) is 15.7. The number of hydrogen-bond donors (Lipinski definition) is 0. The minimum Gasteiger partial charge on any atom is -0.496 e. The molecular formula is C16H11BrN2O3. The highest BCUT2D eigenvalue weighted by Gasteiger charge is 2.09. The summed E-state index contributed by atoms with van der Waals surface area (Å²) in [5.41, 5.74) is 1.59. The van der Waals surface area contributed by atoms with Crippen LogP contribution in [0.4, 0.5) is 5.69 Å². The predicted molar refractivity (Wildman–Crippen MR) is 87.3 cm³/mol. The van der Waals surface area contributed by atoms with Crippen molar-refractivity contribution < 1.29 is 9.66 Å². The number of nitrogens with zero attached hydrogens (tertiary/aromatic N) is 2. The first-order valence-corrected chi connectivity index (χ1v) is 7.04. The van der Waals surface area contributed by atoms with Crippen LogP contribution in [0.5, 0.6) is 5.75 Å². The van der Waals surface area contributed by atoms with Crippen LogP contribution in [-0.4, -0.2) is 12.0 Å². The number of nitro benzene ring substituents is 1. The molecule has 22 heavy (non-hydrogen) atoms. The molecule has 0 aliphatic heterocycles. The molecule has 0 saturated heterocycles. The highest BCUT2D eigenvalue weighted by molar-refractivity contribution is 9.10. The monoisotopic (exact) mass is 358 g/mol. The summed E-state index contributed by atoms with van der Waals surface area (Å²) >= 11 is 3.38. The van der Waals surface area contributed by atoms with Crippen LogP contribution in [0.15, 0.2) is 46.9 Å². The molecule has 0 unspecified atom stereocenters. The largest absolute Gasteiger partial charge is 0.496 e. The molecule has 5 nitrogen and oxygen atoms in total. The zero-order valence-corrected chi connectivity index (χ0v) is 13.2. The SMILES string of the molecule is COc1ccc(C=C(C#N)c2cccc([N+](=O)[O-])c2)cc1Br. The number of nitro groups is 1. The van der Waals surface area contributed by atoms with E-state index >= 15 is 0 Å². The van der Waals surface area contributed by atoms with Gasteiger partial charge in [0.05, 0.1) is 28.1 Å². The van der Waals surface area contributed by atoms with Crippen molar-refractivity contribution in [3.8, 4) is 11.8 Å². The quantitative estimate of drug-likeness (QED) is 0.350. The molecule has 110 valence electrons. The average Bonchev–Trinajstić information content (AvgIpc) is 2.52. The summed E-state index contributed by atoms with van der Waals surface area (Å²) in [6, 6.07) is 13.5. The van der Waals surface area contributed by atoms with Gasteiger partial charge < -0.3 is 4.74 Å². The van der Waals surface area contributed by atoms with Gasteiger partial charge in [-0.25, -0.2) is 0 Å². The molecular weight excluding hydrogens is 348 g/mol. The molecule has 0 aliphatic carbocycles. The molecule has 0 radical (unpaired) electrons. The van der Waals surface area contributed by atoms with E-state index in [-0.39, 0.29) is 5.69 Å². The molecule has 0 saturated carbocycles. The van der Waals surface area contributed by atoms with Gasteiger partial charge in [0.25, 0.3) is 5.69 Å². The highest BCUT2D eigenvalue weighted by Crippen LogP contribution is 2.28. The van der Waals surface area contributed by atoms with Gasteiger partial charge in [-0.2, -0.15) is 5.26 Å². The first-order chi connectivity index (χ1) is 10.5. The second-order valence-corrected chi connectivity index (χ2v) is 5.23. The van der Waals surface area contributed by atoms with Gasteiger partial charge >= 0.3 is 0 Å². The number of rotatable bonds is 4. The molecule has 0 amide bonds. The number of halogens is 1. The summed E-state index contributed by atoms with van der Waals surface area (Å²) in [7, 11) is 1.57. The zero-order valence-electron chi connectivity index (χ0n) is 11.6. The van der Waals surface area contributed by atoms with E-state index in [1.54, 1.807) is 37.5 Å². The fourth-order valence-electron chi connectivity index (χ4n) is 1.91. The van der Waals surface area contributed by atoms with Crippen LogP contribution < -0.4 is 4.74 Å². The Hall–Kier alpha value is -2.65. The van der Waals surface area contributed by atoms with Crippen molar-refractivity contribution in [3.63, 3.8) is 0 Å². The van der Waals surface area contributed by atoms with E-state index in [1.807, 2.05) is 6.07 Å². The summed E-state index contributed by atoms with van der Waals surface area (Å²) < 4.78 is 5.91. The van der Waals surface area contributed by atoms with E-state index in [2.05, 4.69) is 22.0 Å². The lowest BCUT2D eigenvalue weighted by molar-refractivity contribution is -0.384. The number of benzene rings is 2. The third-order valence-corrected chi connectivity index (χ3v) is 3.59. The van der Waals surface area contributed by atoms with Crippen molar-refractivity contribution in [2.24, 2.45) is 0 Å². The lowest BCUT2D eigenvalue weighted by atomic mass is 10.0. The van der Waals surface area contributed by atoms with Crippen LogP contribution in [0, 0.1) is 21.4 Å². The van der Waals surface area contributed by atoms with Crippen LogP contribution in [0.1, 0.15) is 11.1 Å². The van der Waals surface area contributed by atoms with Crippen LogP contribution in [0.25, 0.3) is 11.6 Å². The van der Waals surface area contributed by atoms with Crippen molar-refractivity contribution in [3.05, 3.63) is 68.2 Å². The molecule has 0 heterocycles. The summed E-state index contributed by atoms with van der Waals surface area (Å²) in [6.07, 6.45) is 1.67. The van der Waals surface area contributed by atoms with Gasteiger partial charge in [-0.15, -0.1) is 0 Å². The van der Waals surface area contributed by atoms with E-state index in [4.69, 9.17) is 4.74 Å². The third kappa shape index (κ3) is 3.51. The summed E-state index contributed by atoms with van der Waals surface area (Å²) in [5, 5.41) is 20.1. The Morgan fingerprint density at radius 3 is 2.73 bits per heavy atom. The van der Waals surface area contributed by atoms with Crippen molar-refractivity contribution in [1.82, 2.24) is 0 Å². The molecule has 0 aliphatic rings. The Kier molecular flexibility index (Phi) is 4.92. The second kappa shape index (κ2) is 6.87. The van der Waals surface area contributed by atoms with Crippen LogP contribution in [-0.2, 0) is 0 Å². The Labute approximate surface area is 135 Å². The molecule has 2 aromatic carbocycles. The number of allylic oxidation sites excluding steroid dienone is 1. The average molecular weight is 359 g/mol. The maximum atomic E-state index is 10.8. The van der Waals surface area contributed by atoms with E-state index in [1.165, 1.54) is 12.1 Å². The van der Waals surface area contributed by atoms with Gasteiger partial charge in [0.1, 0.15) is 5.75 Å². The highest BCUT2D eigenvalue weighted by atomic mass is 79.9. The molecule has 0 spiro atoms. The molecule has 0 atom stereocenters. The summed E-state index contributed by atoms with van der Waals surface area (Å²) in [4.78, 5) is 10.3. The number of ether oxygens (including phenoxy) is 1. The summed E-state index contributed by atoms with van der Waals surface area (Å²) in [6.45, 7) is 0. The minimum absolute atomic E-state index is 0.0467. The Bertz CT molecular complexity index is 794. The van der Waals surface area contributed by atoms with Crippen molar-refractivity contribution in [2.45, 2.75) is 0 Å². The van der Waals surface area contributed by atoms with Gasteiger partial charge in [0, 0.05) is 12.1 Å². The smallest absolute Gasteiger partial charge is 0.270 e. The molecule has 2 aromatic rings. The molecule has 0 N–H and O–H groups in total. The third-order valence-electron chi connectivity index (χ3n) is 2.98. The van der Waals surface area contributed by atoms with Crippen molar-refractivity contribution >= 4 is 33.3 Å². The van der Waals surface area contributed by atoms with Crippen LogP contribution in [0.3, 0.4) is 0 Å². The molecule has 0 aromatic heterocycles. The molecule has 0 fully saturated rings. The van der Waals surface area contributed by atoms with Crippen LogP contribution in [0.2, 0.25) is 0 Å². The molecule has 6 heteroatoms. The van der Waals surface area contributed by atoms with Gasteiger partial charge in [0.2, 0.25) is 0 Å². The lowest BCUT2D eigenvalue weighted by Gasteiger charge is -2.04. The van der Waals surface area contributed by atoms with Gasteiger partial charge in [0.15, 0.2) is 0 Å². The topological polar surface area (TPSA) is 76.2 Å². The Morgan fingerprint density at radius 1 is 1.36 bits per heavy atom. The number of nitriles is 1. The number of non-ortho nitro benzene ring substituents is 1. The molecule has 2 rings (SSSR count). The van der Waals surface area contributed by atoms with Crippen molar-refractivity contribution in [1.29, 1.82) is 5.26 Å². The van der Waals surface area contributed by atoms with Crippen LogP contribution >= 0.6 is 15.9 Å². The maximum Gasteiger partial charge on any atom is 0.270 e. The Balaban J connectivity index is 2.44.